The number of carboxylic acids is 1. The van der Waals surface area contributed by atoms with Crippen molar-refractivity contribution in [1.29, 1.82) is 0 Å². The Bertz CT molecular complexity index is 463. The summed E-state index contributed by atoms with van der Waals surface area (Å²) in [4.78, 5) is 34.5. The van der Waals surface area contributed by atoms with E-state index < -0.39 is 23.8 Å². The molecule has 21 heavy (non-hydrogen) atoms. The maximum Gasteiger partial charge on any atom is 0.321 e. The number of hydrogen-bond donors (Lipinski definition) is 4. The van der Waals surface area contributed by atoms with Gasteiger partial charge in [0.2, 0.25) is 5.91 Å². The van der Waals surface area contributed by atoms with Gasteiger partial charge in [0.1, 0.15) is 0 Å². The largest absolute Gasteiger partial charge is 0.481 e. The summed E-state index contributed by atoms with van der Waals surface area (Å²) in [5.74, 6) is -1.04. The smallest absolute Gasteiger partial charge is 0.321 e. The Balaban J connectivity index is 1.46. The lowest BCUT2D eigenvalue weighted by molar-refractivity contribution is -0.144. The van der Waals surface area contributed by atoms with E-state index >= 15 is 0 Å². The summed E-state index contributed by atoms with van der Waals surface area (Å²) >= 11 is 0. The Labute approximate surface area is 122 Å². The number of nitrogens with one attached hydrogen (secondary N) is 3. The van der Waals surface area contributed by atoms with Gasteiger partial charge in [0.25, 0.3) is 0 Å². The van der Waals surface area contributed by atoms with Crippen molar-refractivity contribution in [2.24, 2.45) is 17.8 Å². The summed E-state index contributed by atoms with van der Waals surface area (Å²) < 4.78 is 0. The third-order valence-corrected chi connectivity index (χ3v) is 4.87. The van der Waals surface area contributed by atoms with Crippen LogP contribution in [0.2, 0.25) is 0 Å². The molecular weight excluding hydrogens is 274 g/mol. The molecule has 3 saturated carbocycles. The van der Waals surface area contributed by atoms with Crippen LogP contribution in [0.15, 0.2) is 0 Å². The molecular formula is C14H21N3O4. The van der Waals surface area contributed by atoms with Crippen molar-refractivity contribution in [3.05, 3.63) is 0 Å². The fraction of sp³-hybridized carbons (Fsp3) is 0.786. The molecule has 3 fully saturated rings. The minimum Gasteiger partial charge on any atom is -0.481 e. The molecule has 3 amide bonds. The number of aliphatic carboxylic acids is 1. The molecule has 4 unspecified atom stereocenters. The summed E-state index contributed by atoms with van der Waals surface area (Å²) in [6, 6.07) is -0.418. The number of carboxylic acid groups (broad SMARTS) is 1. The quantitative estimate of drug-likeness (QED) is 0.574. The number of urea groups is 1. The number of fused-ring (bicyclic) bond motifs is 2. The van der Waals surface area contributed by atoms with Crippen LogP contribution in [-0.4, -0.2) is 41.6 Å². The zero-order valence-corrected chi connectivity index (χ0v) is 11.8. The predicted octanol–water partition coefficient (Wildman–Crippen LogP) is 0.0635. The van der Waals surface area contributed by atoms with Crippen LogP contribution in [0, 0.1) is 17.8 Å². The van der Waals surface area contributed by atoms with Gasteiger partial charge in [-0.3, -0.25) is 14.9 Å². The second-order valence-electron chi connectivity index (χ2n) is 6.40. The van der Waals surface area contributed by atoms with Crippen LogP contribution in [0.25, 0.3) is 0 Å². The van der Waals surface area contributed by atoms with Crippen molar-refractivity contribution in [1.82, 2.24) is 16.0 Å². The summed E-state index contributed by atoms with van der Waals surface area (Å²) in [7, 11) is 0. The average Bonchev–Trinajstić information content (AvgIpc) is 3.00. The van der Waals surface area contributed by atoms with Gasteiger partial charge in [-0.1, -0.05) is 0 Å². The first kappa shape index (κ1) is 14.3. The van der Waals surface area contributed by atoms with Gasteiger partial charge in [0.15, 0.2) is 0 Å². The second-order valence-corrected chi connectivity index (χ2v) is 6.40. The molecule has 0 aromatic carbocycles. The highest BCUT2D eigenvalue weighted by Gasteiger charge is 2.50. The van der Waals surface area contributed by atoms with E-state index in [9.17, 15) is 19.5 Å². The molecule has 0 radical (unpaired) electrons. The first-order valence-corrected chi connectivity index (χ1v) is 7.61. The summed E-state index contributed by atoms with van der Waals surface area (Å²) in [6.07, 6.45) is 4.85. The average molecular weight is 295 g/mol. The van der Waals surface area contributed by atoms with Crippen LogP contribution in [-0.2, 0) is 9.59 Å². The maximum absolute atomic E-state index is 11.7. The number of hydrogen-bond acceptors (Lipinski definition) is 4. The van der Waals surface area contributed by atoms with Gasteiger partial charge in [-0.05, 0) is 43.9 Å². The number of rotatable bonds is 5. The van der Waals surface area contributed by atoms with Crippen LogP contribution >= 0.6 is 0 Å². The lowest BCUT2D eigenvalue weighted by Gasteiger charge is -2.28. The molecule has 0 heterocycles. The van der Waals surface area contributed by atoms with Crippen molar-refractivity contribution in [2.45, 2.75) is 44.2 Å². The van der Waals surface area contributed by atoms with Crippen molar-refractivity contribution in [3.8, 4) is 0 Å². The van der Waals surface area contributed by atoms with Crippen LogP contribution in [0.1, 0.15) is 32.1 Å². The van der Waals surface area contributed by atoms with Gasteiger partial charge in [-0.2, -0.15) is 0 Å². The number of carbonyl (C=O) groups excluding carboxylic acids is 2. The van der Waals surface area contributed by atoms with Gasteiger partial charge in [-0.25, -0.2) is 4.79 Å². The summed E-state index contributed by atoms with van der Waals surface area (Å²) in [5, 5.41) is 17.3. The highest BCUT2D eigenvalue weighted by Crippen LogP contribution is 2.48. The molecule has 0 aliphatic heterocycles. The van der Waals surface area contributed by atoms with E-state index in [1.54, 1.807) is 0 Å². The van der Waals surface area contributed by atoms with Crippen LogP contribution in [0.4, 0.5) is 4.79 Å². The molecule has 3 aliphatic rings. The van der Waals surface area contributed by atoms with E-state index in [0.29, 0.717) is 5.92 Å². The molecule has 3 aliphatic carbocycles. The Morgan fingerprint density at radius 1 is 1.05 bits per heavy atom. The van der Waals surface area contributed by atoms with E-state index in [1.807, 2.05) is 0 Å². The summed E-state index contributed by atoms with van der Waals surface area (Å²) in [5.41, 5.74) is 0. The third kappa shape index (κ3) is 3.18. The molecule has 7 heteroatoms. The molecule has 0 aromatic heterocycles. The fourth-order valence-corrected chi connectivity index (χ4v) is 3.77. The molecule has 0 saturated heterocycles. The lowest BCUT2D eigenvalue weighted by Crippen LogP contribution is -2.50. The molecule has 4 N–H and O–H groups in total. The lowest BCUT2D eigenvalue weighted by atomic mass is 9.84. The van der Waals surface area contributed by atoms with Crippen molar-refractivity contribution in [3.63, 3.8) is 0 Å². The Kier molecular flexibility index (Phi) is 3.84. The number of imide groups is 1. The highest BCUT2D eigenvalue weighted by molar-refractivity contribution is 5.95. The molecule has 7 nitrogen and oxygen atoms in total. The molecule has 4 atom stereocenters. The Morgan fingerprint density at radius 2 is 1.76 bits per heavy atom. The van der Waals surface area contributed by atoms with Gasteiger partial charge in [-0.15, -0.1) is 0 Å². The second kappa shape index (κ2) is 5.63. The van der Waals surface area contributed by atoms with E-state index in [2.05, 4.69) is 16.0 Å². The van der Waals surface area contributed by atoms with Crippen LogP contribution < -0.4 is 16.0 Å². The maximum atomic E-state index is 11.7. The van der Waals surface area contributed by atoms with Gasteiger partial charge >= 0.3 is 12.0 Å². The first-order chi connectivity index (χ1) is 10.0. The molecule has 0 spiro atoms. The van der Waals surface area contributed by atoms with Crippen LogP contribution in [0.5, 0.6) is 0 Å². The molecule has 116 valence electrons. The highest BCUT2D eigenvalue weighted by atomic mass is 16.4. The standard InChI is InChI=1S/C14H21N3O4/c18-10(17-14(21)16-9-3-4-9)6-15-12-8-2-1-7(5-8)11(12)13(19)20/h7-9,11-12,15H,1-6H2,(H,19,20)(H2,16,17,18,21). The molecule has 0 aromatic rings. The SMILES string of the molecule is O=C(CNC1C2CCC(C2)C1C(=O)O)NC(=O)NC1CC1. The monoisotopic (exact) mass is 295 g/mol. The van der Waals surface area contributed by atoms with E-state index in [0.717, 1.165) is 32.1 Å². The number of carbonyl (C=O) groups is 3. The van der Waals surface area contributed by atoms with Crippen molar-refractivity contribution in [2.75, 3.05) is 6.54 Å². The predicted molar refractivity (Wildman–Crippen MR) is 73.4 cm³/mol. The van der Waals surface area contributed by atoms with Crippen molar-refractivity contribution >= 4 is 17.9 Å². The minimum atomic E-state index is -0.786. The van der Waals surface area contributed by atoms with E-state index in [4.69, 9.17) is 0 Å². The van der Waals surface area contributed by atoms with Gasteiger partial charge < -0.3 is 15.7 Å². The normalized spacial score (nSPS) is 33.7. The van der Waals surface area contributed by atoms with Crippen molar-refractivity contribution < 1.29 is 19.5 Å². The van der Waals surface area contributed by atoms with E-state index in [-0.39, 0.29) is 24.5 Å². The summed E-state index contributed by atoms with van der Waals surface area (Å²) in [6.45, 7) is -0.0181. The fourth-order valence-electron chi connectivity index (χ4n) is 3.77. The topological polar surface area (TPSA) is 108 Å². The van der Waals surface area contributed by atoms with E-state index in [1.165, 1.54) is 0 Å². The first-order valence-electron chi connectivity index (χ1n) is 7.61. The zero-order chi connectivity index (χ0) is 15.0. The minimum absolute atomic E-state index is 0.0181. The zero-order valence-electron chi connectivity index (χ0n) is 11.8. The van der Waals surface area contributed by atoms with Crippen LogP contribution in [0.3, 0.4) is 0 Å². The Hall–Kier alpha value is -1.63. The van der Waals surface area contributed by atoms with Gasteiger partial charge in [0.05, 0.1) is 12.5 Å². The Morgan fingerprint density at radius 3 is 2.43 bits per heavy atom. The molecule has 3 rings (SSSR count). The molecule has 2 bridgehead atoms. The van der Waals surface area contributed by atoms with Gasteiger partial charge in [0, 0.05) is 12.1 Å². The number of amides is 3. The third-order valence-electron chi connectivity index (χ3n) is 4.87.